The van der Waals surface area contributed by atoms with Gasteiger partial charge in [0.1, 0.15) is 0 Å². The second kappa shape index (κ2) is 5.76. The number of carboxylic acids is 1. The van der Waals surface area contributed by atoms with E-state index in [1.807, 2.05) is 0 Å². The van der Waals surface area contributed by atoms with Crippen LogP contribution in [0.2, 0.25) is 0 Å². The lowest BCUT2D eigenvalue weighted by Crippen LogP contribution is -2.42. The van der Waals surface area contributed by atoms with Crippen LogP contribution in [0.25, 0.3) is 0 Å². The topological polar surface area (TPSA) is 66.4 Å². The highest BCUT2D eigenvalue weighted by Gasteiger charge is 2.29. The molecule has 0 radical (unpaired) electrons. The van der Waals surface area contributed by atoms with E-state index >= 15 is 0 Å². The molecule has 2 rings (SSSR count). The smallest absolute Gasteiger partial charge is 0.306 e. The number of amides is 1. The lowest BCUT2D eigenvalue weighted by atomic mass is 9.86. The fourth-order valence-corrected chi connectivity index (χ4v) is 3.73. The Morgan fingerprint density at radius 3 is 2.35 bits per heavy atom. The van der Waals surface area contributed by atoms with E-state index in [-0.39, 0.29) is 23.1 Å². The van der Waals surface area contributed by atoms with E-state index in [0.29, 0.717) is 12.8 Å². The molecule has 1 unspecified atom stereocenters. The Bertz CT molecular complexity index is 294. The van der Waals surface area contributed by atoms with Crippen molar-refractivity contribution in [3.05, 3.63) is 0 Å². The van der Waals surface area contributed by atoms with Crippen molar-refractivity contribution in [2.75, 3.05) is 5.75 Å². The van der Waals surface area contributed by atoms with Crippen LogP contribution >= 0.6 is 11.8 Å². The van der Waals surface area contributed by atoms with E-state index in [1.165, 1.54) is 0 Å². The van der Waals surface area contributed by atoms with Gasteiger partial charge in [-0.3, -0.25) is 9.59 Å². The van der Waals surface area contributed by atoms with Crippen LogP contribution in [-0.4, -0.2) is 34.0 Å². The second-order valence-corrected chi connectivity index (χ2v) is 6.21. The summed E-state index contributed by atoms with van der Waals surface area (Å²) in [5.41, 5.74) is 0. The van der Waals surface area contributed by atoms with Crippen LogP contribution in [0.5, 0.6) is 0 Å². The lowest BCUT2D eigenvalue weighted by Gasteiger charge is -2.27. The highest BCUT2D eigenvalue weighted by molar-refractivity contribution is 8.00. The molecule has 1 heterocycles. The predicted octanol–water partition coefficient (Wildman–Crippen LogP) is 1.64. The molecule has 5 heteroatoms. The molecule has 17 heavy (non-hydrogen) atoms. The van der Waals surface area contributed by atoms with Gasteiger partial charge in [0.2, 0.25) is 5.91 Å². The number of carbonyl (C=O) groups is 2. The number of nitrogens with one attached hydrogen (secondary N) is 1. The molecule has 0 aromatic rings. The molecule has 4 nitrogen and oxygen atoms in total. The zero-order valence-electron chi connectivity index (χ0n) is 9.85. The van der Waals surface area contributed by atoms with Gasteiger partial charge >= 0.3 is 5.97 Å². The van der Waals surface area contributed by atoms with Gasteiger partial charge in [-0.2, -0.15) is 0 Å². The number of hydrogen-bond acceptors (Lipinski definition) is 3. The van der Waals surface area contributed by atoms with E-state index in [9.17, 15) is 9.59 Å². The van der Waals surface area contributed by atoms with E-state index in [0.717, 1.165) is 31.4 Å². The van der Waals surface area contributed by atoms with Gasteiger partial charge in [0.05, 0.1) is 11.2 Å². The zero-order valence-corrected chi connectivity index (χ0v) is 10.7. The van der Waals surface area contributed by atoms with Crippen molar-refractivity contribution in [2.45, 2.75) is 49.8 Å². The molecule has 0 bridgehead atoms. The van der Waals surface area contributed by atoms with Gasteiger partial charge in [-0.15, -0.1) is 11.8 Å². The van der Waals surface area contributed by atoms with Crippen LogP contribution in [0.15, 0.2) is 0 Å². The summed E-state index contributed by atoms with van der Waals surface area (Å²) in [6, 6.07) is 0.194. The number of carboxylic acid groups (broad SMARTS) is 1. The van der Waals surface area contributed by atoms with Crippen LogP contribution in [0.4, 0.5) is 0 Å². The van der Waals surface area contributed by atoms with Gasteiger partial charge in [-0.05, 0) is 44.3 Å². The van der Waals surface area contributed by atoms with Gasteiger partial charge in [0.25, 0.3) is 0 Å². The maximum atomic E-state index is 11.9. The predicted molar refractivity (Wildman–Crippen MR) is 67.0 cm³/mol. The summed E-state index contributed by atoms with van der Waals surface area (Å²) in [5, 5.41) is 12.1. The minimum atomic E-state index is -0.693. The molecule has 0 aromatic carbocycles. The third kappa shape index (κ3) is 3.37. The normalized spacial score (nSPS) is 33.3. The van der Waals surface area contributed by atoms with Gasteiger partial charge in [0.15, 0.2) is 0 Å². The maximum Gasteiger partial charge on any atom is 0.306 e. The third-order valence-corrected chi connectivity index (χ3v) is 5.02. The lowest BCUT2D eigenvalue weighted by molar-refractivity contribution is -0.142. The van der Waals surface area contributed by atoms with E-state index in [4.69, 9.17) is 5.11 Å². The molecular formula is C12H19NO3S. The van der Waals surface area contributed by atoms with Crippen LogP contribution in [0.1, 0.15) is 38.5 Å². The third-order valence-electron chi connectivity index (χ3n) is 3.64. The summed E-state index contributed by atoms with van der Waals surface area (Å²) in [4.78, 5) is 22.7. The Morgan fingerprint density at radius 2 is 1.82 bits per heavy atom. The van der Waals surface area contributed by atoms with Crippen LogP contribution in [-0.2, 0) is 9.59 Å². The Labute approximate surface area is 106 Å². The molecule has 2 fully saturated rings. The quantitative estimate of drug-likeness (QED) is 0.806. The summed E-state index contributed by atoms with van der Waals surface area (Å²) < 4.78 is 0. The minimum absolute atomic E-state index is 0.132. The first kappa shape index (κ1) is 12.7. The van der Waals surface area contributed by atoms with Gasteiger partial charge in [-0.1, -0.05) is 0 Å². The highest BCUT2D eigenvalue weighted by Crippen LogP contribution is 2.28. The first-order valence-electron chi connectivity index (χ1n) is 6.31. The highest BCUT2D eigenvalue weighted by atomic mass is 32.2. The second-order valence-electron chi connectivity index (χ2n) is 4.90. The first-order valence-corrected chi connectivity index (χ1v) is 7.36. The summed E-state index contributed by atoms with van der Waals surface area (Å²) in [5.74, 6) is 0.348. The van der Waals surface area contributed by atoms with Crippen molar-refractivity contribution >= 4 is 23.6 Å². The fraction of sp³-hybridized carbons (Fsp3) is 0.833. The molecule has 1 aliphatic heterocycles. The summed E-state index contributed by atoms with van der Waals surface area (Å²) in [6.45, 7) is 0. The fourth-order valence-electron chi connectivity index (χ4n) is 2.56. The average molecular weight is 257 g/mol. The summed E-state index contributed by atoms with van der Waals surface area (Å²) in [6.07, 6.45) is 5.12. The Hall–Kier alpha value is -0.710. The number of rotatable bonds is 3. The minimum Gasteiger partial charge on any atom is -0.481 e. The number of hydrogen-bond donors (Lipinski definition) is 2. The molecular weight excluding hydrogens is 238 g/mol. The Morgan fingerprint density at radius 1 is 1.12 bits per heavy atom. The molecule has 2 N–H and O–H groups in total. The molecule has 96 valence electrons. The van der Waals surface area contributed by atoms with E-state index < -0.39 is 5.97 Å². The summed E-state index contributed by atoms with van der Waals surface area (Å²) >= 11 is 1.74. The van der Waals surface area contributed by atoms with E-state index in [1.54, 1.807) is 11.8 Å². The molecule has 0 aromatic heterocycles. The molecule has 1 saturated heterocycles. The standard InChI is InChI=1S/C12H19NO3S/c14-11(10-2-1-7-17-10)13-9-5-3-8(4-6-9)12(15)16/h8-10H,1-7H2,(H,13,14)(H,15,16). The van der Waals surface area contributed by atoms with Crippen molar-refractivity contribution in [3.8, 4) is 0 Å². The molecule has 1 atom stereocenters. The van der Waals surface area contributed by atoms with Gasteiger partial charge in [-0.25, -0.2) is 0 Å². The Kier molecular flexibility index (Phi) is 4.31. The largest absolute Gasteiger partial charge is 0.481 e. The molecule has 0 spiro atoms. The van der Waals surface area contributed by atoms with Crippen LogP contribution in [0.3, 0.4) is 0 Å². The Balaban J connectivity index is 1.74. The number of thioether (sulfide) groups is 1. The first-order chi connectivity index (χ1) is 8.16. The zero-order chi connectivity index (χ0) is 12.3. The van der Waals surface area contributed by atoms with Crippen LogP contribution < -0.4 is 5.32 Å². The van der Waals surface area contributed by atoms with Gasteiger partial charge < -0.3 is 10.4 Å². The molecule has 2 aliphatic rings. The monoisotopic (exact) mass is 257 g/mol. The average Bonchev–Trinajstić information content (AvgIpc) is 2.83. The van der Waals surface area contributed by atoms with Gasteiger partial charge in [0, 0.05) is 6.04 Å². The van der Waals surface area contributed by atoms with Crippen molar-refractivity contribution in [3.63, 3.8) is 0 Å². The van der Waals surface area contributed by atoms with Crippen molar-refractivity contribution in [2.24, 2.45) is 5.92 Å². The maximum absolute atomic E-state index is 11.9. The van der Waals surface area contributed by atoms with E-state index in [2.05, 4.69) is 5.32 Å². The number of aliphatic carboxylic acids is 1. The molecule has 1 amide bonds. The summed E-state index contributed by atoms with van der Waals surface area (Å²) in [7, 11) is 0. The van der Waals surface area contributed by atoms with Crippen molar-refractivity contribution < 1.29 is 14.7 Å². The van der Waals surface area contributed by atoms with Crippen molar-refractivity contribution in [1.29, 1.82) is 0 Å². The van der Waals surface area contributed by atoms with Crippen LogP contribution in [0, 0.1) is 5.92 Å². The van der Waals surface area contributed by atoms with Crippen molar-refractivity contribution in [1.82, 2.24) is 5.32 Å². The SMILES string of the molecule is O=C(O)C1CCC(NC(=O)C2CCCS2)CC1. The number of carbonyl (C=O) groups excluding carboxylic acids is 1. The molecule has 1 aliphatic carbocycles. The molecule has 1 saturated carbocycles.